The van der Waals surface area contributed by atoms with E-state index in [9.17, 15) is 14.5 Å². The van der Waals surface area contributed by atoms with Crippen LogP contribution in [-0.2, 0) is 9.09 Å². The molecule has 29 heavy (non-hydrogen) atoms. The number of anilines is 1. The normalized spacial score (nSPS) is 13.0. The monoisotopic (exact) mass is 432 g/mol. The van der Waals surface area contributed by atoms with E-state index in [2.05, 4.69) is 10.1 Å². The second-order valence-electron chi connectivity index (χ2n) is 6.37. The van der Waals surface area contributed by atoms with Gasteiger partial charge in [-0.1, -0.05) is 17.7 Å². The first kappa shape index (κ1) is 21.0. The van der Waals surface area contributed by atoms with Crippen molar-refractivity contribution in [2.24, 2.45) is 0 Å². The zero-order valence-corrected chi connectivity index (χ0v) is 18.1. The molecule has 0 fully saturated rings. The third kappa shape index (κ3) is 4.34. The molecule has 1 unspecified atom stereocenters. The van der Waals surface area contributed by atoms with Gasteiger partial charge in [0.2, 0.25) is 0 Å². The molecule has 2 aromatic carbocycles. The number of carboxylic acids is 1. The minimum absolute atomic E-state index is 0.0125. The van der Waals surface area contributed by atoms with Crippen molar-refractivity contribution < 1.29 is 23.7 Å². The summed E-state index contributed by atoms with van der Waals surface area (Å²) in [6.07, 6.45) is 0. The largest absolute Gasteiger partial charge is 0.497 e. The van der Waals surface area contributed by atoms with Crippen LogP contribution >= 0.6 is 18.9 Å². The Bertz CT molecular complexity index is 1090. The summed E-state index contributed by atoms with van der Waals surface area (Å²) >= 11 is 0.997. The van der Waals surface area contributed by atoms with Gasteiger partial charge < -0.3 is 14.4 Å². The van der Waals surface area contributed by atoms with Gasteiger partial charge in [-0.15, -0.1) is 11.3 Å². The molecule has 0 aliphatic heterocycles. The van der Waals surface area contributed by atoms with E-state index in [4.69, 9.17) is 9.26 Å². The summed E-state index contributed by atoms with van der Waals surface area (Å²) in [6.45, 7) is 3.77. The topological polar surface area (TPSA) is 97.8 Å². The van der Waals surface area contributed by atoms with Gasteiger partial charge in [-0.2, -0.15) is 0 Å². The maximum atomic E-state index is 13.5. The number of methoxy groups -OCH3 is 1. The fourth-order valence-electron chi connectivity index (χ4n) is 2.88. The predicted molar refractivity (Wildman–Crippen MR) is 115 cm³/mol. The molecule has 0 saturated carbocycles. The van der Waals surface area contributed by atoms with Gasteiger partial charge in [-0.05, 0) is 49.7 Å². The minimum atomic E-state index is -3.58. The lowest BCUT2D eigenvalue weighted by atomic mass is 10.2. The molecule has 0 aliphatic rings. The van der Waals surface area contributed by atoms with Gasteiger partial charge in [0.1, 0.15) is 10.8 Å². The van der Waals surface area contributed by atoms with Crippen LogP contribution in [0.3, 0.4) is 0 Å². The highest BCUT2D eigenvalue weighted by atomic mass is 32.1. The summed E-state index contributed by atoms with van der Waals surface area (Å²) in [4.78, 5) is 16.1. The maximum absolute atomic E-state index is 13.5. The Morgan fingerprint density at radius 3 is 2.38 bits per heavy atom. The van der Waals surface area contributed by atoms with Crippen molar-refractivity contribution >= 4 is 35.9 Å². The van der Waals surface area contributed by atoms with E-state index in [0.717, 1.165) is 28.0 Å². The fourth-order valence-corrected chi connectivity index (χ4v) is 5.47. The van der Waals surface area contributed by atoms with E-state index in [1.165, 1.54) is 7.11 Å². The maximum Gasteiger partial charge on any atom is 0.349 e. The van der Waals surface area contributed by atoms with Crippen molar-refractivity contribution in [3.05, 3.63) is 58.5 Å². The molecule has 7 nitrogen and oxygen atoms in total. The minimum Gasteiger partial charge on any atom is -0.497 e. The van der Waals surface area contributed by atoms with E-state index in [0.29, 0.717) is 16.1 Å². The zero-order chi connectivity index (χ0) is 21.2. The Morgan fingerprint density at radius 2 is 1.83 bits per heavy atom. The number of rotatable bonds is 7. The molecule has 1 heterocycles. The lowest BCUT2D eigenvalue weighted by Gasteiger charge is -2.20. The summed E-state index contributed by atoms with van der Waals surface area (Å²) in [6, 6.07) is 12.5. The molecule has 0 spiro atoms. The number of thiazole rings is 1. The summed E-state index contributed by atoms with van der Waals surface area (Å²) in [7, 11) is -0.687. The van der Waals surface area contributed by atoms with Crippen LogP contribution in [0.2, 0.25) is 0 Å². The van der Waals surface area contributed by atoms with Crippen LogP contribution in [0.25, 0.3) is 10.6 Å². The highest BCUT2D eigenvalue weighted by Crippen LogP contribution is 2.47. The van der Waals surface area contributed by atoms with Crippen LogP contribution in [0, 0.1) is 13.8 Å². The molecule has 0 saturated heterocycles. The number of aryl methyl sites for hydroxylation is 2. The summed E-state index contributed by atoms with van der Waals surface area (Å²) in [5.74, 6) is -0.465. The van der Waals surface area contributed by atoms with Gasteiger partial charge in [0.15, 0.2) is 10.7 Å². The number of hydrogen-bond donors (Lipinski definition) is 2. The molecule has 3 rings (SSSR count). The van der Waals surface area contributed by atoms with Crippen LogP contribution in [0.1, 0.15) is 20.8 Å². The molecule has 0 bridgehead atoms. The van der Waals surface area contributed by atoms with Crippen molar-refractivity contribution in [2.45, 2.75) is 13.8 Å². The lowest BCUT2D eigenvalue weighted by Crippen LogP contribution is -2.17. The summed E-state index contributed by atoms with van der Waals surface area (Å²) in [5.41, 5.74) is 2.53. The van der Waals surface area contributed by atoms with Crippen LogP contribution in [-0.4, -0.2) is 30.3 Å². The highest BCUT2D eigenvalue weighted by Gasteiger charge is 2.30. The van der Waals surface area contributed by atoms with Gasteiger partial charge in [-0.25, -0.2) is 9.78 Å². The Morgan fingerprint density at radius 1 is 1.14 bits per heavy atom. The Kier molecular flexibility index (Phi) is 6.07. The molecule has 9 heteroatoms. The third-order valence-corrected chi connectivity index (χ3v) is 7.59. The van der Waals surface area contributed by atoms with Crippen molar-refractivity contribution in [3.8, 4) is 16.3 Å². The summed E-state index contributed by atoms with van der Waals surface area (Å²) in [5, 5.41) is 13.3. The Hall–Kier alpha value is -2.67. The van der Waals surface area contributed by atoms with Gasteiger partial charge in [0.05, 0.1) is 12.4 Å². The number of carbonyl (C=O) groups is 1. The second-order valence-corrected chi connectivity index (χ2v) is 9.54. The molecule has 2 N–H and O–H groups in total. The van der Waals surface area contributed by atoms with Crippen LogP contribution in [0.4, 0.5) is 5.82 Å². The van der Waals surface area contributed by atoms with Crippen LogP contribution in [0.15, 0.2) is 42.5 Å². The molecule has 1 atom stereocenters. The van der Waals surface area contributed by atoms with E-state index >= 15 is 0 Å². The molecule has 0 aliphatic carbocycles. The van der Waals surface area contributed by atoms with Crippen molar-refractivity contribution in [2.75, 3.05) is 19.3 Å². The smallest absolute Gasteiger partial charge is 0.349 e. The zero-order valence-electron chi connectivity index (χ0n) is 16.4. The quantitative estimate of drug-likeness (QED) is 0.522. The number of aromatic carboxylic acids is 1. The third-order valence-electron chi connectivity index (χ3n) is 4.34. The standard InChI is InChI=1S/C20H21N2O5PS/c1-12-5-10-16(13(2)11-12)28(25,27-4)22-18-17(20(23)24)29-19(21-18)14-6-8-15(26-3)9-7-14/h5-11H,1-4H3,(H,22,25)(H,23,24). The van der Waals surface area contributed by atoms with E-state index in [1.807, 2.05) is 26.0 Å². The number of nitrogens with zero attached hydrogens (tertiary/aromatic N) is 1. The number of carboxylic acid groups (broad SMARTS) is 1. The number of benzene rings is 2. The van der Waals surface area contributed by atoms with Crippen molar-refractivity contribution in [3.63, 3.8) is 0 Å². The molecule has 0 radical (unpaired) electrons. The molecule has 0 amide bonds. The first-order valence-corrected chi connectivity index (χ1v) is 11.1. The molecule has 152 valence electrons. The van der Waals surface area contributed by atoms with Gasteiger partial charge >= 0.3 is 13.5 Å². The van der Waals surface area contributed by atoms with Crippen LogP contribution in [0.5, 0.6) is 5.75 Å². The van der Waals surface area contributed by atoms with Crippen LogP contribution < -0.4 is 15.1 Å². The average Bonchev–Trinajstić information content (AvgIpc) is 3.11. The Labute approximate surface area is 172 Å². The van der Waals surface area contributed by atoms with E-state index in [1.54, 1.807) is 37.4 Å². The highest BCUT2D eigenvalue weighted by molar-refractivity contribution is 7.68. The first-order chi connectivity index (χ1) is 13.8. The predicted octanol–water partition coefficient (Wildman–Crippen LogP) is 4.71. The Balaban J connectivity index is 2.03. The van der Waals surface area contributed by atoms with Gasteiger partial charge in [0.25, 0.3) is 0 Å². The SMILES string of the molecule is COc1ccc(-c2nc(NP(=O)(OC)c3ccc(C)cc3C)c(C(=O)O)s2)cc1. The number of ether oxygens (including phenoxy) is 1. The number of aromatic nitrogens is 1. The van der Waals surface area contributed by atoms with Crippen molar-refractivity contribution in [1.82, 2.24) is 4.98 Å². The fraction of sp³-hybridized carbons (Fsp3) is 0.200. The van der Waals surface area contributed by atoms with E-state index < -0.39 is 13.5 Å². The molecular formula is C20H21N2O5PS. The average molecular weight is 432 g/mol. The lowest BCUT2D eigenvalue weighted by molar-refractivity contribution is 0.0703. The van der Waals surface area contributed by atoms with Gasteiger partial charge in [-0.3, -0.25) is 9.65 Å². The molecular weight excluding hydrogens is 411 g/mol. The first-order valence-electron chi connectivity index (χ1n) is 8.68. The molecule has 3 aromatic rings. The van der Waals surface area contributed by atoms with Gasteiger partial charge in [0, 0.05) is 12.7 Å². The van der Waals surface area contributed by atoms with E-state index in [-0.39, 0.29) is 10.7 Å². The summed E-state index contributed by atoms with van der Waals surface area (Å²) < 4.78 is 24.0. The number of hydrogen-bond acceptors (Lipinski definition) is 6. The molecule has 1 aromatic heterocycles. The second kappa shape index (κ2) is 8.37. The number of nitrogens with one attached hydrogen (secondary N) is 1. The van der Waals surface area contributed by atoms with Crippen molar-refractivity contribution in [1.29, 1.82) is 0 Å².